The zero-order chi connectivity index (χ0) is 27.6. The van der Waals surface area contributed by atoms with Crippen LogP contribution < -0.4 is 0 Å². The molecule has 0 heterocycles. The van der Waals surface area contributed by atoms with E-state index >= 15 is 0 Å². The number of rotatable bonds is 6. The molecule has 0 aromatic heterocycles. The molecule has 6 aromatic rings. The van der Waals surface area contributed by atoms with Crippen LogP contribution in [0.3, 0.4) is 0 Å². The number of ketones is 2. The predicted molar refractivity (Wildman–Crippen MR) is 164 cm³/mol. The molecule has 0 aliphatic rings. The summed E-state index contributed by atoms with van der Waals surface area (Å²) in [6, 6.07) is 54.9. The summed E-state index contributed by atoms with van der Waals surface area (Å²) in [5.41, 5.74) is 7.29. The van der Waals surface area contributed by atoms with Gasteiger partial charge in [0.25, 0.3) is 0 Å². The Hall–Kier alpha value is -5.34. The van der Waals surface area contributed by atoms with Crippen LogP contribution >= 0.6 is 0 Å². The minimum atomic E-state index is -0.492. The minimum absolute atomic E-state index is 0.404. The molecule has 2 heteroatoms. The molecule has 0 fully saturated rings. The Labute approximate surface area is 235 Å². The van der Waals surface area contributed by atoms with Crippen LogP contribution in [0.15, 0.2) is 170 Å². The molecular formula is C38H28O2. The lowest BCUT2D eigenvalue weighted by atomic mass is 9.92. The van der Waals surface area contributed by atoms with Gasteiger partial charge in [-0.3, -0.25) is 9.59 Å². The second-order valence-electron chi connectivity index (χ2n) is 9.25. The van der Waals surface area contributed by atoms with Gasteiger partial charge in [0.05, 0.1) is 0 Å². The number of hydrogen-bond donors (Lipinski definition) is 0. The van der Waals surface area contributed by atoms with Gasteiger partial charge in [0, 0.05) is 11.1 Å². The summed E-state index contributed by atoms with van der Waals surface area (Å²) >= 11 is 0. The molecule has 2 nitrogen and oxygen atoms in total. The van der Waals surface area contributed by atoms with Crippen LogP contribution in [0, 0.1) is 0 Å². The molecule has 0 unspecified atom stereocenters. The first kappa shape index (κ1) is 26.3. The lowest BCUT2D eigenvalue weighted by Crippen LogP contribution is -2.15. The van der Waals surface area contributed by atoms with Crippen molar-refractivity contribution in [2.45, 2.75) is 0 Å². The van der Waals surface area contributed by atoms with Crippen LogP contribution in [-0.2, 0) is 0 Å². The fourth-order valence-corrected chi connectivity index (χ4v) is 4.51. The van der Waals surface area contributed by atoms with Gasteiger partial charge in [-0.15, -0.1) is 0 Å². The second-order valence-corrected chi connectivity index (χ2v) is 9.25. The van der Waals surface area contributed by atoms with Crippen LogP contribution in [0.25, 0.3) is 33.4 Å². The number of Topliss-reactive ketones (excluding diaryl/α,β-unsaturated/α-hetero) is 2. The van der Waals surface area contributed by atoms with Gasteiger partial charge in [0.2, 0.25) is 11.6 Å². The van der Waals surface area contributed by atoms with Crippen molar-refractivity contribution >= 4 is 11.6 Å². The Morgan fingerprint density at radius 1 is 0.300 bits per heavy atom. The van der Waals surface area contributed by atoms with E-state index in [2.05, 4.69) is 60.7 Å². The summed E-state index contributed by atoms with van der Waals surface area (Å²) in [6.07, 6.45) is 0. The van der Waals surface area contributed by atoms with E-state index in [0.29, 0.717) is 11.1 Å². The monoisotopic (exact) mass is 516 g/mol. The van der Waals surface area contributed by atoms with Gasteiger partial charge in [-0.05, 0) is 33.4 Å². The maximum absolute atomic E-state index is 12.9. The first-order chi connectivity index (χ1) is 19.7. The molecule has 0 saturated heterocycles. The molecule has 0 aliphatic heterocycles. The molecule has 40 heavy (non-hydrogen) atoms. The summed E-state index contributed by atoms with van der Waals surface area (Å²) in [4.78, 5) is 25.5. The lowest BCUT2D eigenvalue weighted by Gasteiger charge is -2.10. The molecular weight excluding hydrogens is 488 g/mol. The first-order valence-electron chi connectivity index (χ1n) is 13.2. The number of hydrogen-bond acceptors (Lipinski definition) is 2. The second kappa shape index (κ2) is 12.9. The quantitative estimate of drug-likeness (QED) is 0.163. The average molecular weight is 517 g/mol. The van der Waals surface area contributed by atoms with Crippen molar-refractivity contribution < 1.29 is 9.59 Å². The maximum atomic E-state index is 12.9. The van der Waals surface area contributed by atoms with Crippen molar-refractivity contribution in [2.24, 2.45) is 0 Å². The average Bonchev–Trinajstić information content (AvgIpc) is 3.06. The van der Waals surface area contributed by atoms with E-state index in [1.165, 1.54) is 11.1 Å². The third kappa shape index (κ3) is 6.38. The summed E-state index contributed by atoms with van der Waals surface area (Å²) < 4.78 is 0. The van der Waals surface area contributed by atoms with E-state index in [1.807, 2.05) is 72.8 Å². The van der Waals surface area contributed by atoms with Crippen molar-refractivity contribution in [3.63, 3.8) is 0 Å². The van der Waals surface area contributed by atoms with Crippen molar-refractivity contribution in [3.8, 4) is 33.4 Å². The summed E-state index contributed by atoms with van der Waals surface area (Å²) in [5, 5.41) is 0. The molecule has 0 atom stereocenters. The fraction of sp³-hybridized carbons (Fsp3) is 0. The largest absolute Gasteiger partial charge is 0.285 e. The SMILES string of the molecule is O=C(C(=O)c1ccccc1-c1ccc(-c2ccccc2)cc1)c1ccccc1.c1ccc(-c2ccccc2)cc1. The maximum Gasteiger partial charge on any atom is 0.234 e. The van der Waals surface area contributed by atoms with Crippen molar-refractivity contribution in [1.29, 1.82) is 0 Å². The normalized spacial score (nSPS) is 10.2. The highest BCUT2D eigenvalue weighted by Gasteiger charge is 2.21. The zero-order valence-corrected chi connectivity index (χ0v) is 22.0. The highest BCUT2D eigenvalue weighted by Crippen LogP contribution is 2.28. The summed E-state index contributed by atoms with van der Waals surface area (Å²) in [7, 11) is 0. The molecule has 0 spiro atoms. The van der Waals surface area contributed by atoms with E-state index in [0.717, 1.165) is 22.3 Å². The first-order valence-corrected chi connectivity index (χ1v) is 13.2. The third-order valence-corrected chi connectivity index (χ3v) is 6.60. The van der Waals surface area contributed by atoms with Gasteiger partial charge in [-0.25, -0.2) is 0 Å². The van der Waals surface area contributed by atoms with Crippen LogP contribution in [0.4, 0.5) is 0 Å². The van der Waals surface area contributed by atoms with Gasteiger partial charge >= 0.3 is 0 Å². The van der Waals surface area contributed by atoms with E-state index in [1.54, 1.807) is 36.4 Å². The number of benzene rings is 6. The van der Waals surface area contributed by atoms with Crippen LogP contribution in [-0.4, -0.2) is 11.6 Å². The summed E-state index contributed by atoms with van der Waals surface area (Å²) in [5.74, 6) is -0.983. The topological polar surface area (TPSA) is 34.1 Å². The van der Waals surface area contributed by atoms with Crippen molar-refractivity contribution in [1.82, 2.24) is 0 Å². The molecule has 6 aromatic carbocycles. The molecule has 0 aliphatic carbocycles. The van der Waals surface area contributed by atoms with Gasteiger partial charge in [0.1, 0.15) is 0 Å². The number of carbonyl (C=O) groups is 2. The molecule has 0 bridgehead atoms. The van der Waals surface area contributed by atoms with Gasteiger partial charge in [0.15, 0.2) is 0 Å². The molecule has 0 saturated carbocycles. The molecule has 6 rings (SSSR count). The Bertz CT molecular complexity index is 1640. The predicted octanol–water partition coefficient (Wildman–Crippen LogP) is 9.44. The Morgan fingerprint density at radius 2 is 0.650 bits per heavy atom. The standard InChI is InChI=1S/C26H18O2.C12H10/c27-25(22-11-5-2-6-12-22)26(28)24-14-8-7-13-23(24)21-17-15-20(16-18-21)19-9-3-1-4-10-19;1-3-7-11(8-4-1)12-9-5-2-6-10-12/h1-18H;1-10H. The molecule has 0 N–H and O–H groups in total. The van der Waals surface area contributed by atoms with E-state index in [9.17, 15) is 9.59 Å². The molecule has 0 amide bonds. The van der Waals surface area contributed by atoms with E-state index in [-0.39, 0.29) is 0 Å². The lowest BCUT2D eigenvalue weighted by molar-refractivity contribution is 0.0817. The number of carbonyl (C=O) groups excluding carboxylic acids is 2. The van der Waals surface area contributed by atoms with E-state index in [4.69, 9.17) is 0 Å². The highest BCUT2D eigenvalue weighted by molar-refractivity contribution is 6.50. The van der Waals surface area contributed by atoms with Crippen LogP contribution in [0.2, 0.25) is 0 Å². The highest BCUT2D eigenvalue weighted by atomic mass is 16.2. The van der Waals surface area contributed by atoms with Crippen molar-refractivity contribution in [3.05, 3.63) is 181 Å². The Morgan fingerprint density at radius 3 is 1.12 bits per heavy atom. The fourth-order valence-electron chi connectivity index (χ4n) is 4.51. The Kier molecular flexibility index (Phi) is 8.50. The van der Waals surface area contributed by atoms with Gasteiger partial charge in [-0.1, -0.05) is 170 Å². The van der Waals surface area contributed by atoms with Crippen molar-refractivity contribution in [2.75, 3.05) is 0 Å². The molecule has 0 radical (unpaired) electrons. The van der Waals surface area contributed by atoms with Gasteiger partial charge in [-0.2, -0.15) is 0 Å². The molecule has 192 valence electrons. The minimum Gasteiger partial charge on any atom is -0.285 e. The van der Waals surface area contributed by atoms with Crippen LogP contribution in [0.1, 0.15) is 20.7 Å². The van der Waals surface area contributed by atoms with Gasteiger partial charge < -0.3 is 0 Å². The van der Waals surface area contributed by atoms with Crippen LogP contribution in [0.5, 0.6) is 0 Å². The third-order valence-electron chi connectivity index (χ3n) is 6.60. The zero-order valence-electron chi connectivity index (χ0n) is 22.0. The summed E-state index contributed by atoms with van der Waals surface area (Å²) in [6.45, 7) is 0. The van der Waals surface area contributed by atoms with E-state index < -0.39 is 11.6 Å². The smallest absolute Gasteiger partial charge is 0.234 e. The Balaban J connectivity index is 0.000000223.